The van der Waals surface area contributed by atoms with E-state index in [2.05, 4.69) is 20.8 Å². The maximum atomic E-state index is 12.9. The lowest BCUT2D eigenvalue weighted by molar-refractivity contribution is -0.137. The fraction of sp³-hybridized carbons (Fsp3) is 0.136. The summed E-state index contributed by atoms with van der Waals surface area (Å²) in [5, 5.41) is 15.9. The third-order valence-electron chi connectivity index (χ3n) is 4.73. The van der Waals surface area contributed by atoms with Crippen molar-refractivity contribution >= 4 is 51.9 Å². The van der Waals surface area contributed by atoms with Crippen molar-refractivity contribution in [1.29, 1.82) is 0 Å². The minimum Gasteiger partial charge on any atom is -0.330 e. The van der Waals surface area contributed by atoms with E-state index in [0.717, 1.165) is 17.7 Å². The number of anilines is 2. The highest BCUT2D eigenvalue weighted by molar-refractivity contribution is 7.80. The molecular formula is C22H17Cl2F3N6S. The molecule has 0 saturated heterocycles. The Morgan fingerprint density at radius 2 is 1.56 bits per heavy atom. The molecule has 2 heterocycles. The molecule has 34 heavy (non-hydrogen) atoms. The van der Waals surface area contributed by atoms with Gasteiger partial charge in [-0.05, 0) is 47.6 Å². The Balaban J connectivity index is 1.33. The Morgan fingerprint density at radius 1 is 0.912 bits per heavy atom. The van der Waals surface area contributed by atoms with Crippen molar-refractivity contribution in [3.8, 4) is 0 Å². The second-order valence-corrected chi connectivity index (χ2v) is 8.62. The zero-order valence-electron chi connectivity index (χ0n) is 17.4. The number of alkyl halides is 3. The van der Waals surface area contributed by atoms with Crippen LogP contribution < -0.4 is 10.6 Å². The summed E-state index contributed by atoms with van der Waals surface area (Å²) in [6.07, 6.45) is 2.19. The summed E-state index contributed by atoms with van der Waals surface area (Å²) in [6.45, 7) is 0.645. The van der Waals surface area contributed by atoms with Crippen molar-refractivity contribution in [1.82, 2.24) is 19.6 Å². The fourth-order valence-corrected chi connectivity index (χ4v) is 3.88. The lowest BCUT2D eigenvalue weighted by Crippen LogP contribution is -2.18. The van der Waals surface area contributed by atoms with E-state index < -0.39 is 11.7 Å². The molecule has 6 nitrogen and oxygen atoms in total. The molecule has 0 saturated carbocycles. The van der Waals surface area contributed by atoms with E-state index in [0.29, 0.717) is 38.6 Å². The van der Waals surface area contributed by atoms with Gasteiger partial charge in [0.25, 0.3) is 0 Å². The molecule has 0 amide bonds. The van der Waals surface area contributed by atoms with E-state index in [1.165, 1.54) is 16.9 Å². The summed E-state index contributed by atoms with van der Waals surface area (Å²) in [5.74, 6) is 0. The van der Waals surface area contributed by atoms with Crippen molar-refractivity contribution in [2.24, 2.45) is 0 Å². The number of rotatable bonds is 6. The first kappa shape index (κ1) is 24.1. The van der Waals surface area contributed by atoms with Crippen molar-refractivity contribution in [2.75, 3.05) is 10.6 Å². The highest BCUT2D eigenvalue weighted by Crippen LogP contribution is 2.29. The number of nitrogens with zero attached hydrogens (tertiary/aromatic N) is 4. The van der Waals surface area contributed by atoms with E-state index in [-0.39, 0.29) is 6.54 Å². The second kappa shape index (κ2) is 10.0. The molecule has 4 aromatic rings. The third-order valence-corrected chi connectivity index (χ3v) is 5.52. The molecule has 0 bridgehead atoms. The van der Waals surface area contributed by atoms with E-state index in [1.54, 1.807) is 41.5 Å². The van der Waals surface area contributed by atoms with Gasteiger partial charge in [-0.2, -0.15) is 23.4 Å². The molecule has 0 fully saturated rings. The molecule has 2 aromatic heterocycles. The molecule has 0 atom stereocenters. The van der Waals surface area contributed by atoms with Crippen LogP contribution in [0.25, 0.3) is 0 Å². The first-order valence-electron chi connectivity index (χ1n) is 9.89. The topological polar surface area (TPSA) is 59.7 Å². The van der Waals surface area contributed by atoms with Gasteiger partial charge < -0.3 is 10.6 Å². The fourth-order valence-electron chi connectivity index (χ4n) is 3.18. The quantitative estimate of drug-likeness (QED) is 0.289. The zero-order chi connectivity index (χ0) is 24.3. The average Bonchev–Trinajstić information content (AvgIpc) is 3.39. The Morgan fingerprint density at radius 3 is 2.18 bits per heavy atom. The maximum absolute atomic E-state index is 12.9. The number of thiocarbonyl (C=S) groups is 1. The summed E-state index contributed by atoms with van der Waals surface area (Å²) in [6, 6.07) is 10.4. The molecule has 0 radical (unpaired) electrons. The molecule has 0 aliphatic carbocycles. The molecule has 176 valence electrons. The third kappa shape index (κ3) is 6.28. The predicted octanol–water partition coefficient (Wildman–Crippen LogP) is 6.31. The van der Waals surface area contributed by atoms with E-state index >= 15 is 0 Å². The summed E-state index contributed by atoms with van der Waals surface area (Å²) < 4.78 is 41.9. The standard InChI is InChI=1S/C22H17Cl2F3N6S/c23-17-5-4-15(20(24)7-17)11-33-13-19(9-29-33)31-21(34)30-18-8-28-32(12-18)10-14-2-1-3-16(6-14)22(25,26)27/h1-9,12-13H,10-11H2,(H2,30,31,34). The van der Waals surface area contributed by atoms with Crippen molar-refractivity contribution in [3.05, 3.63) is 94.0 Å². The number of aromatic nitrogens is 4. The monoisotopic (exact) mass is 524 g/mol. The Bertz CT molecular complexity index is 1320. The average molecular weight is 525 g/mol. The van der Waals surface area contributed by atoms with Crippen molar-refractivity contribution in [2.45, 2.75) is 19.3 Å². The van der Waals surface area contributed by atoms with Crippen LogP contribution in [0.4, 0.5) is 24.5 Å². The summed E-state index contributed by atoms with van der Waals surface area (Å²) in [7, 11) is 0. The first-order valence-corrected chi connectivity index (χ1v) is 11.0. The number of nitrogens with one attached hydrogen (secondary N) is 2. The molecule has 0 spiro atoms. The first-order chi connectivity index (χ1) is 16.2. The number of halogens is 5. The van der Waals surface area contributed by atoms with Gasteiger partial charge in [0.15, 0.2) is 5.11 Å². The maximum Gasteiger partial charge on any atom is 0.416 e. The lowest BCUT2D eigenvalue weighted by atomic mass is 10.1. The Labute approximate surface area is 208 Å². The minimum absolute atomic E-state index is 0.186. The molecule has 12 heteroatoms. The van der Waals surface area contributed by atoms with Gasteiger partial charge in [0.05, 0.1) is 42.4 Å². The van der Waals surface area contributed by atoms with Gasteiger partial charge in [-0.25, -0.2) is 0 Å². The van der Waals surface area contributed by atoms with Crippen LogP contribution in [0.2, 0.25) is 10.0 Å². The molecule has 2 aromatic carbocycles. The molecule has 0 aliphatic rings. The molecule has 0 aliphatic heterocycles. The summed E-state index contributed by atoms with van der Waals surface area (Å²) in [4.78, 5) is 0. The van der Waals surface area contributed by atoms with Crippen LogP contribution in [0, 0.1) is 0 Å². The normalized spacial score (nSPS) is 11.4. The highest BCUT2D eigenvalue weighted by Gasteiger charge is 2.30. The van der Waals surface area contributed by atoms with Crippen LogP contribution in [0.5, 0.6) is 0 Å². The summed E-state index contributed by atoms with van der Waals surface area (Å²) >= 11 is 17.5. The van der Waals surface area contributed by atoms with Gasteiger partial charge in [-0.1, -0.05) is 41.4 Å². The minimum atomic E-state index is -4.39. The van der Waals surface area contributed by atoms with Crippen LogP contribution in [0.15, 0.2) is 67.3 Å². The van der Waals surface area contributed by atoms with Crippen LogP contribution >= 0.6 is 35.4 Å². The van der Waals surface area contributed by atoms with Crippen molar-refractivity contribution < 1.29 is 13.2 Å². The molecule has 0 unspecified atom stereocenters. The smallest absolute Gasteiger partial charge is 0.330 e. The highest BCUT2D eigenvalue weighted by atomic mass is 35.5. The Kier molecular flexibility index (Phi) is 7.11. The second-order valence-electron chi connectivity index (χ2n) is 7.37. The molecule has 4 rings (SSSR count). The number of benzene rings is 2. The summed E-state index contributed by atoms with van der Waals surface area (Å²) in [5.41, 5.74) is 1.91. The van der Waals surface area contributed by atoms with E-state index in [9.17, 15) is 13.2 Å². The van der Waals surface area contributed by atoms with Crippen LogP contribution in [-0.2, 0) is 19.3 Å². The number of hydrogen-bond acceptors (Lipinski definition) is 3. The SMILES string of the molecule is FC(F)(F)c1cccc(Cn2cc(NC(=S)Nc3cnn(Cc4ccc(Cl)cc4Cl)c3)cn2)c1. The molecule has 2 N–H and O–H groups in total. The predicted molar refractivity (Wildman–Crippen MR) is 130 cm³/mol. The van der Waals surface area contributed by atoms with Gasteiger partial charge in [-0.15, -0.1) is 0 Å². The van der Waals surface area contributed by atoms with Gasteiger partial charge in [0.1, 0.15) is 0 Å². The largest absolute Gasteiger partial charge is 0.416 e. The van der Waals surface area contributed by atoms with Crippen molar-refractivity contribution in [3.63, 3.8) is 0 Å². The van der Waals surface area contributed by atoms with Gasteiger partial charge in [0, 0.05) is 22.4 Å². The van der Waals surface area contributed by atoms with E-state index in [4.69, 9.17) is 35.4 Å². The lowest BCUT2D eigenvalue weighted by Gasteiger charge is -2.09. The number of hydrogen-bond donors (Lipinski definition) is 2. The van der Waals surface area contributed by atoms with Gasteiger partial charge >= 0.3 is 6.18 Å². The van der Waals surface area contributed by atoms with Crippen LogP contribution in [0.3, 0.4) is 0 Å². The van der Waals surface area contributed by atoms with Crippen LogP contribution in [0.1, 0.15) is 16.7 Å². The zero-order valence-corrected chi connectivity index (χ0v) is 19.7. The molecular weight excluding hydrogens is 508 g/mol. The van der Waals surface area contributed by atoms with E-state index in [1.807, 2.05) is 6.07 Å². The Hall–Kier alpha value is -3.08. The van der Waals surface area contributed by atoms with Crippen LogP contribution in [-0.4, -0.2) is 24.7 Å². The van der Waals surface area contributed by atoms with Gasteiger partial charge in [0.2, 0.25) is 0 Å². The van der Waals surface area contributed by atoms with Gasteiger partial charge in [-0.3, -0.25) is 9.36 Å².